The van der Waals surface area contributed by atoms with E-state index in [1.807, 2.05) is 72.8 Å². The highest BCUT2D eigenvalue weighted by atomic mass is 15.1. The molecule has 0 N–H and O–H groups in total. The van der Waals surface area contributed by atoms with Crippen LogP contribution in [0.15, 0.2) is 109 Å². The second kappa shape index (κ2) is 6.40. The molecule has 0 radical (unpaired) electrons. The predicted octanol–water partition coefficient (Wildman–Crippen LogP) is 6.11. The first-order valence-electron chi connectivity index (χ1n) is 9.37. The standard InChI is InChI=1S/C26H18N2/c27-19-26(20-11-3-1-4-12-20,21-13-5-2-6-14-21)28-24-17-9-7-15-22(24)23-16-8-10-18-25(23)28/h1-18H. The van der Waals surface area contributed by atoms with Crippen molar-refractivity contribution in [1.82, 2.24) is 4.57 Å². The first kappa shape index (κ1) is 16.4. The number of benzene rings is 4. The lowest BCUT2D eigenvalue weighted by Crippen LogP contribution is -2.34. The summed E-state index contributed by atoms with van der Waals surface area (Å²) in [4.78, 5) is 0. The molecule has 2 heteroatoms. The summed E-state index contributed by atoms with van der Waals surface area (Å²) in [5.41, 5.74) is 3.05. The minimum absolute atomic E-state index is 0.954. The summed E-state index contributed by atoms with van der Waals surface area (Å²) < 4.78 is 2.20. The number of aromatic nitrogens is 1. The molecule has 132 valence electrons. The lowest BCUT2D eigenvalue weighted by Gasteiger charge is -2.31. The molecule has 1 aromatic heterocycles. The van der Waals surface area contributed by atoms with Gasteiger partial charge in [-0.05, 0) is 23.3 Å². The average Bonchev–Trinajstić information content (AvgIpc) is 3.12. The third-order valence-corrected chi connectivity index (χ3v) is 5.46. The SMILES string of the molecule is N#CC(c1ccccc1)(c1ccccc1)n1c2ccccc2c2ccccc21. The van der Waals surface area contributed by atoms with Gasteiger partial charge in [0, 0.05) is 10.8 Å². The van der Waals surface area contributed by atoms with Crippen molar-refractivity contribution >= 4 is 21.8 Å². The van der Waals surface area contributed by atoms with Crippen LogP contribution in [-0.4, -0.2) is 4.57 Å². The van der Waals surface area contributed by atoms with Crippen molar-refractivity contribution in [3.63, 3.8) is 0 Å². The van der Waals surface area contributed by atoms with Crippen molar-refractivity contribution < 1.29 is 0 Å². The number of hydrogen-bond acceptors (Lipinski definition) is 1. The average molecular weight is 358 g/mol. The third-order valence-electron chi connectivity index (χ3n) is 5.46. The van der Waals surface area contributed by atoms with Crippen LogP contribution in [-0.2, 0) is 5.54 Å². The molecule has 4 aromatic carbocycles. The van der Waals surface area contributed by atoms with E-state index in [0.717, 1.165) is 32.9 Å². The van der Waals surface area contributed by atoms with Crippen LogP contribution in [0.4, 0.5) is 0 Å². The van der Waals surface area contributed by atoms with Crippen molar-refractivity contribution in [2.24, 2.45) is 0 Å². The zero-order chi connectivity index (χ0) is 19.0. The van der Waals surface area contributed by atoms with Crippen LogP contribution >= 0.6 is 0 Å². The topological polar surface area (TPSA) is 28.7 Å². The molecule has 0 aliphatic rings. The summed E-state index contributed by atoms with van der Waals surface area (Å²) >= 11 is 0. The number of hydrogen-bond donors (Lipinski definition) is 0. The van der Waals surface area contributed by atoms with Gasteiger partial charge in [0.1, 0.15) is 6.07 Å². The minimum atomic E-state index is -0.967. The van der Waals surface area contributed by atoms with E-state index in [9.17, 15) is 5.26 Å². The van der Waals surface area contributed by atoms with Gasteiger partial charge in [-0.1, -0.05) is 97.1 Å². The van der Waals surface area contributed by atoms with Crippen LogP contribution < -0.4 is 0 Å². The number of nitrogens with zero attached hydrogens (tertiary/aromatic N) is 2. The Kier molecular flexibility index (Phi) is 3.74. The van der Waals surface area contributed by atoms with Gasteiger partial charge in [0.25, 0.3) is 0 Å². The van der Waals surface area contributed by atoms with E-state index < -0.39 is 5.54 Å². The molecule has 0 fully saturated rings. The predicted molar refractivity (Wildman–Crippen MR) is 114 cm³/mol. The van der Waals surface area contributed by atoms with Crippen LogP contribution in [0.1, 0.15) is 11.1 Å². The van der Waals surface area contributed by atoms with E-state index in [2.05, 4.69) is 47.0 Å². The molecule has 0 bridgehead atoms. The Morgan fingerprint density at radius 1 is 0.536 bits per heavy atom. The summed E-state index contributed by atoms with van der Waals surface area (Å²) in [7, 11) is 0. The molecule has 0 aliphatic heterocycles. The van der Waals surface area contributed by atoms with E-state index in [4.69, 9.17) is 0 Å². The van der Waals surface area contributed by atoms with Crippen molar-refractivity contribution in [1.29, 1.82) is 5.26 Å². The fourth-order valence-corrected chi connectivity index (χ4v) is 4.25. The Hall–Kier alpha value is -3.83. The molecular weight excluding hydrogens is 340 g/mol. The summed E-state index contributed by atoms with van der Waals surface area (Å²) in [5.74, 6) is 0. The molecule has 2 nitrogen and oxygen atoms in total. The Morgan fingerprint density at radius 3 is 1.36 bits per heavy atom. The fourth-order valence-electron chi connectivity index (χ4n) is 4.25. The Balaban J connectivity index is 2.02. The Labute approximate surface area is 163 Å². The van der Waals surface area contributed by atoms with Crippen LogP contribution in [0, 0.1) is 11.3 Å². The molecule has 1 heterocycles. The highest BCUT2D eigenvalue weighted by Crippen LogP contribution is 2.41. The van der Waals surface area contributed by atoms with Gasteiger partial charge in [0.2, 0.25) is 0 Å². The van der Waals surface area contributed by atoms with Gasteiger partial charge in [-0.3, -0.25) is 0 Å². The number of fused-ring (bicyclic) bond motifs is 3. The molecule has 0 saturated heterocycles. The van der Waals surface area contributed by atoms with Crippen molar-refractivity contribution in [3.05, 3.63) is 120 Å². The van der Waals surface area contributed by atoms with Crippen molar-refractivity contribution in [2.75, 3.05) is 0 Å². The van der Waals surface area contributed by atoms with Gasteiger partial charge in [-0.25, -0.2) is 0 Å². The third kappa shape index (κ3) is 2.20. The maximum atomic E-state index is 10.7. The zero-order valence-electron chi connectivity index (χ0n) is 15.3. The lowest BCUT2D eigenvalue weighted by molar-refractivity contribution is 0.586. The van der Waals surface area contributed by atoms with Crippen LogP contribution in [0.25, 0.3) is 21.8 Å². The molecule has 0 aliphatic carbocycles. The maximum absolute atomic E-state index is 10.7. The highest BCUT2D eigenvalue weighted by molar-refractivity contribution is 6.08. The number of para-hydroxylation sites is 2. The normalized spacial score (nSPS) is 11.5. The molecule has 0 unspecified atom stereocenters. The van der Waals surface area contributed by atoms with E-state index in [1.54, 1.807) is 0 Å². The summed E-state index contributed by atoms with van der Waals surface area (Å²) in [5, 5.41) is 13.0. The summed E-state index contributed by atoms with van der Waals surface area (Å²) in [6, 6.07) is 39.5. The highest BCUT2D eigenvalue weighted by Gasteiger charge is 2.38. The van der Waals surface area contributed by atoms with Gasteiger partial charge < -0.3 is 4.57 Å². The molecule has 5 aromatic rings. The van der Waals surface area contributed by atoms with Gasteiger partial charge in [-0.15, -0.1) is 0 Å². The Bertz CT molecular complexity index is 1220. The monoisotopic (exact) mass is 358 g/mol. The first-order chi connectivity index (χ1) is 13.9. The number of nitriles is 1. The Morgan fingerprint density at radius 2 is 0.929 bits per heavy atom. The second-order valence-corrected chi connectivity index (χ2v) is 6.92. The van der Waals surface area contributed by atoms with Gasteiger partial charge in [0.15, 0.2) is 5.54 Å². The smallest absolute Gasteiger partial charge is 0.183 e. The van der Waals surface area contributed by atoms with Crippen LogP contribution in [0.3, 0.4) is 0 Å². The first-order valence-corrected chi connectivity index (χ1v) is 9.37. The summed E-state index contributed by atoms with van der Waals surface area (Å²) in [6.07, 6.45) is 0. The molecule has 0 amide bonds. The molecule has 28 heavy (non-hydrogen) atoms. The van der Waals surface area contributed by atoms with E-state index in [1.165, 1.54) is 0 Å². The second-order valence-electron chi connectivity index (χ2n) is 6.92. The lowest BCUT2D eigenvalue weighted by atomic mass is 9.83. The van der Waals surface area contributed by atoms with Crippen LogP contribution in [0.2, 0.25) is 0 Å². The van der Waals surface area contributed by atoms with Gasteiger partial charge >= 0.3 is 0 Å². The molecule has 0 spiro atoms. The molecule has 5 rings (SSSR count). The molecule has 0 atom stereocenters. The van der Waals surface area contributed by atoms with E-state index in [0.29, 0.717) is 0 Å². The molecule has 0 saturated carbocycles. The van der Waals surface area contributed by atoms with E-state index >= 15 is 0 Å². The maximum Gasteiger partial charge on any atom is 0.183 e. The van der Waals surface area contributed by atoms with Gasteiger partial charge in [0.05, 0.1) is 11.0 Å². The minimum Gasteiger partial charge on any atom is -0.314 e. The van der Waals surface area contributed by atoms with E-state index in [-0.39, 0.29) is 0 Å². The summed E-state index contributed by atoms with van der Waals surface area (Å²) in [6.45, 7) is 0. The number of rotatable bonds is 3. The van der Waals surface area contributed by atoms with Crippen molar-refractivity contribution in [2.45, 2.75) is 5.54 Å². The fraction of sp³-hybridized carbons (Fsp3) is 0.0385. The zero-order valence-corrected chi connectivity index (χ0v) is 15.3. The van der Waals surface area contributed by atoms with Gasteiger partial charge in [-0.2, -0.15) is 5.26 Å². The quantitative estimate of drug-likeness (QED) is 0.382. The largest absolute Gasteiger partial charge is 0.314 e. The molecular formula is C26H18N2. The van der Waals surface area contributed by atoms with Crippen LogP contribution in [0.5, 0.6) is 0 Å². The van der Waals surface area contributed by atoms with Crippen molar-refractivity contribution in [3.8, 4) is 6.07 Å².